The Hall–Kier alpha value is -0.120. The first-order chi connectivity index (χ1) is 9.65. The van der Waals surface area contributed by atoms with Gasteiger partial charge in [0.1, 0.15) is 0 Å². The van der Waals surface area contributed by atoms with Crippen molar-refractivity contribution >= 4 is 0 Å². The fourth-order valence-electron chi connectivity index (χ4n) is 3.84. The largest absolute Gasteiger partial charge is 0.381 e. The molecular formula is C17H34N2O. The third kappa shape index (κ3) is 4.44. The van der Waals surface area contributed by atoms with Gasteiger partial charge in [0.05, 0.1) is 0 Å². The zero-order chi connectivity index (χ0) is 14.4. The number of ether oxygens (including phenoxy) is 1. The third-order valence-corrected chi connectivity index (χ3v) is 5.44. The molecule has 0 aromatic carbocycles. The van der Waals surface area contributed by atoms with Gasteiger partial charge in [-0.1, -0.05) is 20.8 Å². The summed E-state index contributed by atoms with van der Waals surface area (Å²) >= 11 is 0. The first-order valence-electron chi connectivity index (χ1n) is 8.66. The topological polar surface area (TPSA) is 24.5 Å². The van der Waals surface area contributed by atoms with Crippen LogP contribution < -0.4 is 5.32 Å². The smallest absolute Gasteiger partial charge is 0.0472 e. The van der Waals surface area contributed by atoms with Gasteiger partial charge in [0, 0.05) is 26.3 Å². The van der Waals surface area contributed by atoms with Gasteiger partial charge in [-0.25, -0.2) is 0 Å². The van der Waals surface area contributed by atoms with Crippen LogP contribution >= 0.6 is 0 Å². The van der Waals surface area contributed by atoms with Crippen LogP contribution in [0.5, 0.6) is 0 Å². The quantitative estimate of drug-likeness (QED) is 0.811. The van der Waals surface area contributed by atoms with Gasteiger partial charge in [-0.15, -0.1) is 0 Å². The summed E-state index contributed by atoms with van der Waals surface area (Å²) in [4.78, 5) is 2.72. The van der Waals surface area contributed by atoms with Crippen molar-refractivity contribution in [3.8, 4) is 0 Å². The molecule has 0 aromatic heterocycles. The maximum atomic E-state index is 5.60. The number of hydrogen-bond acceptors (Lipinski definition) is 3. The van der Waals surface area contributed by atoms with E-state index in [-0.39, 0.29) is 0 Å². The lowest BCUT2D eigenvalue weighted by Crippen LogP contribution is -2.49. The van der Waals surface area contributed by atoms with E-state index in [1.165, 1.54) is 45.3 Å². The molecule has 3 heteroatoms. The Morgan fingerprint density at radius 3 is 2.40 bits per heavy atom. The Bertz CT molecular complexity index is 266. The van der Waals surface area contributed by atoms with Crippen molar-refractivity contribution in [2.24, 2.45) is 17.3 Å². The number of nitrogens with zero attached hydrogens (tertiary/aromatic N) is 1. The fraction of sp³-hybridized carbons (Fsp3) is 1.00. The summed E-state index contributed by atoms with van der Waals surface area (Å²) in [7, 11) is 0. The summed E-state index contributed by atoms with van der Waals surface area (Å²) < 4.78 is 5.60. The summed E-state index contributed by atoms with van der Waals surface area (Å²) in [6, 6.07) is 0. The first-order valence-corrected chi connectivity index (χ1v) is 8.66. The molecule has 2 aliphatic heterocycles. The minimum absolute atomic E-state index is 0.457. The molecule has 2 heterocycles. The number of nitrogens with one attached hydrogen (secondary N) is 1. The van der Waals surface area contributed by atoms with Crippen LogP contribution in [-0.2, 0) is 4.74 Å². The summed E-state index contributed by atoms with van der Waals surface area (Å²) in [5.41, 5.74) is 0.457. The molecule has 0 saturated carbocycles. The molecule has 3 nitrogen and oxygen atoms in total. The van der Waals surface area contributed by atoms with E-state index in [0.717, 1.165) is 38.1 Å². The molecule has 0 aliphatic carbocycles. The monoisotopic (exact) mass is 282 g/mol. The Kier molecular flexibility index (Phi) is 6.31. The van der Waals surface area contributed by atoms with Crippen LogP contribution in [0.4, 0.5) is 0 Å². The van der Waals surface area contributed by atoms with E-state index in [4.69, 9.17) is 4.74 Å². The molecule has 0 atom stereocenters. The normalized spacial score (nSPS) is 25.2. The van der Waals surface area contributed by atoms with E-state index in [0.29, 0.717) is 5.41 Å². The van der Waals surface area contributed by atoms with Gasteiger partial charge in [0.2, 0.25) is 0 Å². The van der Waals surface area contributed by atoms with E-state index in [9.17, 15) is 0 Å². The predicted molar refractivity (Wildman–Crippen MR) is 85.0 cm³/mol. The SMILES string of the molecule is CCNCC1(CN2CCC(C(C)C)CC2)CCOCC1. The van der Waals surface area contributed by atoms with Crippen molar-refractivity contribution in [2.75, 3.05) is 45.9 Å². The van der Waals surface area contributed by atoms with Crippen LogP contribution in [0.25, 0.3) is 0 Å². The number of likely N-dealkylation sites (tertiary alicyclic amines) is 1. The Labute approximate surface area is 125 Å². The molecule has 0 aromatic rings. The van der Waals surface area contributed by atoms with Crippen molar-refractivity contribution in [1.29, 1.82) is 0 Å². The molecule has 118 valence electrons. The Morgan fingerprint density at radius 1 is 1.20 bits per heavy atom. The van der Waals surface area contributed by atoms with Gasteiger partial charge in [0.25, 0.3) is 0 Å². The summed E-state index contributed by atoms with van der Waals surface area (Å²) in [6.07, 6.45) is 5.24. The molecule has 2 fully saturated rings. The molecule has 0 bridgehead atoms. The van der Waals surface area contributed by atoms with E-state index >= 15 is 0 Å². The zero-order valence-electron chi connectivity index (χ0n) is 13.8. The van der Waals surface area contributed by atoms with Gasteiger partial charge in [-0.05, 0) is 62.6 Å². The number of piperidine rings is 1. The van der Waals surface area contributed by atoms with Crippen molar-refractivity contribution in [2.45, 2.75) is 46.5 Å². The zero-order valence-corrected chi connectivity index (χ0v) is 13.8. The second kappa shape index (κ2) is 7.77. The second-order valence-corrected chi connectivity index (χ2v) is 7.25. The number of hydrogen-bond donors (Lipinski definition) is 1. The maximum Gasteiger partial charge on any atom is 0.0472 e. The van der Waals surface area contributed by atoms with Crippen molar-refractivity contribution in [1.82, 2.24) is 10.2 Å². The van der Waals surface area contributed by atoms with Gasteiger partial charge >= 0.3 is 0 Å². The molecule has 0 radical (unpaired) electrons. The highest BCUT2D eigenvalue weighted by Crippen LogP contribution is 2.33. The summed E-state index contributed by atoms with van der Waals surface area (Å²) in [5.74, 6) is 1.81. The van der Waals surface area contributed by atoms with E-state index in [2.05, 4.69) is 31.0 Å². The van der Waals surface area contributed by atoms with E-state index in [1.54, 1.807) is 0 Å². The summed E-state index contributed by atoms with van der Waals surface area (Å²) in [5, 5.41) is 3.59. The lowest BCUT2D eigenvalue weighted by molar-refractivity contribution is -0.0106. The highest BCUT2D eigenvalue weighted by Gasteiger charge is 2.35. The lowest BCUT2D eigenvalue weighted by atomic mass is 9.78. The molecular weight excluding hydrogens is 248 g/mol. The van der Waals surface area contributed by atoms with Crippen LogP contribution in [0.3, 0.4) is 0 Å². The van der Waals surface area contributed by atoms with Crippen LogP contribution in [0, 0.1) is 17.3 Å². The summed E-state index contributed by atoms with van der Waals surface area (Å²) in [6.45, 7) is 15.0. The van der Waals surface area contributed by atoms with Crippen molar-refractivity contribution in [3.05, 3.63) is 0 Å². The maximum absolute atomic E-state index is 5.60. The van der Waals surface area contributed by atoms with Crippen LogP contribution in [-0.4, -0.2) is 50.8 Å². The third-order valence-electron chi connectivity index (χ3n) is 5.44. The van der Waals surface area contributed by atoms with Crippen molar-refractivity contribution < 1.29 is 4.74 Å². The molecule has 20 heavy (non-hydrogen) atoms. The minimum Gasteiger partial charge on any atom is -0.381 e. The lowest BCUT2D eigenvalue weighted by Gasteiger charge is -2.43. The van der Waals surface area contributed by atoms with Gasteiger partial charge in [0.15, 0.2) is 0 Å². The van der Waals surface area contributed by atoms with Crippen LogP contribution in [0.2, 0.25) is 0 Å². The van der Waals surface area contributed by atoms with Gasteiger partial charge in [-0.3, -0.25) is 0 Å². The van der Waals surface area contributed by atoms with Crippen molar-refractivity contribution in [3.63, 3.8) is 0 Å². The highest BCUT2D eigenvalue weighted by molar-refractivity contribution is 4.88. The highest BCUT2D eigenvalue weighted by atomic mass is 16.5. The second-order valence-electron chi connectivity index (χ2n) is 7.25. The Balaban J connectivity index is 1.85. The Morgan fingerprint density at radius 2 is 1.85 bits per heavy atom. The molecule has 2 saturated heterocycles. The fourth-order valence-corrected chi connectivity index (χ4v) is 3.84. The van der Waals surface area contributed by atoms with Crippen LogP contribution in [0.1, 0.15) is 46.5 Å². The standard InChI is InChI=1S/C17H34N2O/c1-4-18-13-17(7-11-20-12-8-17)14-19-9-5-16(6-10-19)15(2)3/h15-16,18H,4-14H2,1-3H3. The van der Waals surface area contributed by atoms with Crippen LogP contribution in [0.15, 0.2) is 0 Å². The molecule has 2 rings (SSSR count). The molecule has 0 spiro atoms. The molecule has 1 N–H and O–H groups in total. The first kappa shape index (κ1) is 16.3. The van der Waals surface area contributed by atoms with Gasteiger partial charge < -0.3 is 15.0 Å². The van der Waals surface area contributed by atoms with E-state index in [1.807, 2.05) is 0 Å². The molecule has 0 amide bonds. The number of rotatable bonds is 6. The van der Waals surface area contributed by atoms with Gasteiger partial charge in [-0.2, -0.15) is 0 Å². The van der Waals surface area contributed by atoms with E-state index < -0.39 is 0 Å². The predicted octanol–water partition coefficient (Wildman–Crippen LogP) is 2.76. The molecule has 2 aliphatic rings. The minimum atomic E-state index is 0.457. The average molecular weight is 282 g/mol. The average Bonchev–Trinajstić information content (AvgIpc) is 2.47. The molecule has 0 unspecified atom stereocenters.